The average molecular weight is 203 g/mol. The normalized spacial score (nSPS) is 20.2. The zero-order valence-corrected chi connectivity index (χ0v) is 8.57. The van der Waals surface area contributed by atoms with E-state index in [0.717, 1.165) is 24.5 Å². The van der Waals surface area contributed by atoms with E-state index in [1.165, 1.54) is 5.69 Å². The molecule has 2 aromatic rings. The molecule has 0 saturated heterocycles. The van der Waals surface area contributed by atoms with Gasteiger partial charge in [0, 0.05) is 38.1 Å². The molecule has 5 nitrogen and oxygen atoms in total. The first-order chi connectivity index (χ1) is 7.36. The predicted molar refractivity (Wildman–Crippen MR) is 55.3 cm³/mol. The Kier molecular flexibility index (Phi) is 1.85. The zero-order valence-electron chi connectivity index (χ0n) is 8.57. The summed E-state index contributed by atoms with van der Waals surface area (Å²) in [4.78, 5) is 11.9. The van der Waals surface area contributed by atoms with Gasteiger partial charge in [-0.25, -0.2) is 9.97 Å². The van der Waals surface area contributed by atoms with Gasteiger partial charge < -0.3 is 14.9 Å². The molecular weight excluding hydrogens is 190 g/mol. The zero-order chi connectivity index (χ0) is 10.3. The van der Waals surface area contributed by atoms with E-state index < -0.39 is 0 Å². The van der Waals surface area contributed by atoms with Crippen molar-refractivity contribution in [3.8, 4) is 0 Å². The summed E-state index contributed by atoms with van der Waals surface area (Å²) in [6.45, 7) is 0.965. The Hall–Kier alpha value is -1.62. The Balaban J connectivity index is 2.07. The van der Waals surface area contributed by atoms with Gasteiger partial charge in [-0.2, -0.15) is 0 Å². The summed E-state index contributed by atoms with van der Waals surface area (Å²) >= 11 is 0. The second-order valence-electron chi connectivity index (χ2n) is 3.80. The van der Waals surface area contributed by atoms with Gasteiger partial charge in [0.2, 0.25) is 0 Å². The summed E-state index contributed by atoms with van der Waals surface area (Å²) in [6, 6.07) is 0.125. The number of nitrogens with one attached hydrogen (secondary N) is 2. The fourth-order valence-corrected chi connectivity index (χ4v) is 2.09. The van der Waals surface area contributed by atoms with Crippen molar-refractivity contribution in [3.05, 3.63) is 35.9 Å². The lowest BCUT2D eigenvalue weighted by Crippen LogP contribution is -2.32. The Labute approximate surface area is 87.6 Å². The predicted octanol–water partition coefficient (Wildman–Crippen LogP) is 0.378. The minimum atomic E-state index is 0.125. The van der Waals surface area contributed by atoms with Gasteiger partial charge in [0.15, 0.2) is 0 Å². The van der Waals surface area contributed by atoms with Crippen molar-refractivity contribution in [1.82, 2.24) is 24.8 Å². The average Bonchev–Trinajstić information content (AvgIpc) is 2.85. The van der Waals surface area contributed by atoms with Crippen molar-refractivity contribution in [2.75, 3.05) is 6.54 Å². The van der Waals surface area contributed by atoms with Gasteiger partial charge >= 0.3 is 0 Å². The Morgan fingerprint density at radius 1 is 1.47 bits per heavy atom. The van der Waals surface area contributed by atoms with E-state index in [4.69, 9.17) is 0 Å². The molecule has 0 radical (unpaired) electrons. The quantitative estimate of drug-likeness (QED) is 0.704. The number of fused-ring (bicyclic) bond motifs is 1. The van der Waals surface area contributed by atoms with Crippen molar-refractivity contribution >= 4 is 0 Å². The third-order valence-corrected chi connectivity index (χ3v) is 2.87. The maximum atomic E-state index is 4.36. The van der Waals surface area contributed by atoms with Crippen LogP contribution in [0.15, 0.2) is 18.7 Å². The van der Waals surface area contributed by atoms with Gasteiger partial charge in [-0.3, -0.25) is 0 Å². The molecule has 0 bridgehead atoms. The Bertz CT molecular complexity index is 470. The fraction of sp³-hybridized carbons (Fsp3) is 0.400. The van der Waals surface area contributed by atoms with Crippen molar-refractivity contribution in [2.24, 2.45) is 7.05 Å². The van der Waals surface area contributed by atoms with Crippen LogP contribution < -0.4 is 5.32 Å². The van der Waals surface area contributed by atoms with E-state index in [0.29, 0.717) is 0 Å². The van der Waals surface area contributed by atoms with E-state index in [9.17, 15) is 0 Å². The van der Waals surface area contributed by atoms with Crippen LogP contribution >= 0.6 is 0 Å². The number of nitrogens with zero attached hydrogens (tertiary/aromatic N) is 3. The molecule has 0 amide bonds. The Morgan fingerprint density at radius 2 is 2.40 bits per heavy atom. The van der Waals surface area contributed by atoms with E-state index in [2.05, 4.69) is 20.3 Å². The van der Waals surface area contributed by atoms with Gasteiger partial charge in [-0.05, 0) is 0 Å². The molecule has 3 heterocycles. The summed E-state index contributed by atoms with van der Waals surface area (Å²) in [5, 5.41) is 3.44. The number of hydrogen-bond acceptors (Lipinski definition) is 3. The molecule has 1 aliphatic rings. The molecule has 78 valence electrons. The molecule has 0 aliphatic carbocycles. The number of aromatic amines is 1. The van der Waals surface area contributed by atoms with Crippen LogP contribution in [-0.2, 0) is 13.5 Å². The third kappa shape index (κ3) is 1.27. The highest BCUT2D eigenvalue weighted by molar-refractivity contribution is 5.25. The van der Waals surface area contributed by atoms with Crippen molar-refractivity contribution in [2.45, 2.75) is 12.5 Å². The highest BCUT2D eigenvalue weighted by Gasteiger charge is 2.26. The van der Waals surface area contributed by atoms with E-state index in [1.807, 2.05) is 24.0 Å². The monoisotopic (exact) mass is 203 g/mol. The molecule has 15 heavy (non-hydrogen) atoms. The highest BCUT2D eigenvalue weighted by Crippen LogP contribution is 2.24. The molecule has 2 N–H and O–H groups in total. The Morgan fingerprint density at radius 3 is 3.20 bits per heavy atom. The molecule has 5 heteroatoms. The van der Waals surface area contributed by atoms with Crippen LogP contribution in [0.4, 0.5) is 0 Å². The molecule has 0 spiro atoms. The number of imidazole rings is 2. The molecule has 0 saturated carbocycles. The topological polar surface area (TPSA) is 58.5 Å². The minimum Gasteiger partial charge on any atom is -0.348 e. The summed E-state index contributed by atoms with van der Waals surface area (Å²) in [5.41, 5.74) is 2.30. The number of H-pyrrole nitrogens is 1. The molecule has 1 atom stereocenters. The summed E-state index contributed by atoms with van der Waals surface area (Å²) in [7, 11) is 2.00. The largest absolute Gasteiger partial charge is 0.348 e. The minimum absolute atomic E-state index is 0.125. The molecule has 0 fully saturated rings. The lowest BCUT2D eigenvalue weighted by atomic mass is 10.1. The fourth-order valence-electron chi connectivity index (χ4n) is 2.09. The number of hydrogen-bond donors (Lipinski definition) is 2. The number of rotatable bonds is 1. The SMILES string of the molecule is Cn1ccnc1C1NCCc2[nH]cnc21. The number of aromatic nitrogens is 4. The first kappa shape index (κ1) is 8.67. The van der Waals surface area contributed by atoms with Crippen LogP contribution in [0.5, 0.6) is 0 Å². The van der Waals surface area contributed by atoms with Gasteiger partial charge in [0.1, 0.15) is 11.9 Å². The second-order valence-corrected chi connectivity index (χ2v) is 3.80. The molecule has 1 aliphatic heterocycles. The molecule has 3 rings (SSSR count). The maximum absolute atomic E-state index is 4.36. The van der Waals surface area contributed by atoms with Crippen molar-refractivity contribution < 1.29 is 0 Å². The van der Waals surface area contributed by atoms with Crippen molar-refractivity contribution in [1.29, 1.82) is 0 Å². The van der Waals surface area contributed by atoms with Gasteiger partial charge in [0.05, 0.1) is 12.0 Å². The summed E-state index contributed by atoms with van der Waals surface area (Å²) < 4.78 is 2.03. The van der Waals surface area contributed by atoms with Gasteiger partial charge in [-0.1, -0.05) is 0 Å². The highest BCUT2D eigenvalue weighted by atomic mass is 15.1. The molecule has 0 aromatic carbocycles. The first-order valence-electron chi connectivity index (χ1n) is 5.09. The first-order valence-corrected chi connectivity index (χ1v) is 5.09. The van der Waals surface area contributed by atoms with Crippen LogP contribution in [-0.4, -0.2) is 26.1 Å². The lowest BCUT2D eigenvalue weighted by Gasteiger charge is -2.22. The van der Waals surface area contributed by atoms with E-state index in [1.54, 1.807) is 6.33 Å². The standard InChI is InChI=1S/C10H13N5/c1-15-5-4-12-10(15)9-8-7(2-3-11-9)13-6-14-8/h4-6,9,11H,2-3H2,1H3,(H,13,14). The van der Waals surface area contributed by atoms with Crippen molar-refractivity contribution in [3.63, 3.8) is 0 Å². The van der Waals surface area contributed by atoms with Crippen LogP contribution in [0.25, 0.3) is 0 Å². The van der Waals surface area contributed by atoms with Gasteiger partial charge in [-0.15, -0.1) is 0 Å². The van der Waals surface area contributed by atoms with Gasteiger partial charge in [0.25, 0.3) is 0 Å². The van der Waals surface area contributed by atoms with Crippen LogP contribution in [0.2, 0.25) is 0 Å². The van der Waals surface area contributed by atoms with E-state index >= 15 is 0 Å². The second kappa shape index (κ2) is 3.20. The lowest BCUT2D eigenvalue weighted by molar-refractivity contribution is 0.517. The molecular formula is C10H13N5. The third-order valence-electron chi connectivity index (χ3n) is 2.87. The summed E-state index contributed by atoms with van der Waals surface area (Å²) in [6.07, 6.45) is 6.54. The van der Waals surface area contributed by atoms with Crippen LogP contribution in [0.1, 0.15) is 23.3 Å². The maximum Gasteiger partial charge on any atom is 0.131 e. The number of aryl methyl sites for hydroxylation is 1. The van der Waals surface area contributed by atoms with Crippen LogP contribution in [0, 0.1) is 0 Å². The van der Waals surface area contributed by atoms with Crippen LogP contribution in [0.3, 0.4) is 0 Å². The smallest absolute Gasteiger partial charge is 0.131 e. The molecule has 1 unspecified atom stereocenters. The van der Waals surface area contributed by atoms with E-state index in [-0.39, 0.29) is 6.04 Å². The molecule has 2 aromatic heterocycles. The summed E-state index contributed by atoms with van der Waals surface area (Å²) in [5.74, 6) is 1.02.